The van der Waals surface area contributed by atoms with Crippen molar-refractivity contribution < 1.29 is 27.9 Å². The first-order valence-corrected chi connectivity index (χ1v) is 6.41. The van der Waals surface area contributed by atoms with Gasteiger partial charge in [-0.25, -0.2) is 0 Å². The molecule has 0 heterocycles. The van der Waals surface area contributed by atoms with Crippen molar-refractivity contribution in [2.75, 3.05) is 0 Å². The van der Waals surface area contributed by atoms with Crippen LogP contribution in [0.3, 0.4) is 0 Å². The molecule has 2 rings (SSSR count). The molecule has 1 aromatic rings. The van der Waals surface area contributed by atoms with Crippen LogP contribution in [0.1, 0.15) is 30.9 Å². The van der Waals surface area contributed by atoms with Gasteiger partial charge in [-0.15, -0.1) is 0 Å². The summed E-state index contributed by atoms with van der Waals surface area (Å²) in [7, 11) is 0. The summed E-state index contributed by atoms with van der Waals surface area (Å²) in [6.07, 6.45) is -2.51. The number of Topliss-reactive ketones (excluding diaryl/α,β-unsaturated/α-hetero) is 1. The molecule has 0 aromatic heterocycles. The van der Waals surface area contributed by atoms with Crippen LogP contribution in [-0.4, -0.2) is 16.9 Å². The molecule has 1 atom stereocenters. The Morgan fingerprint density at radius 3 is 2.19 bits per heavy atom. The van der Waals surface area contributed by atoms with Gasteiger partial charge in [-0.05, 0) is 35.8 Å². The van der Waals surface area contributed by atoms with E-state index in [0.29, 0.717) is 12.0 Å². The Kier molecular flexibility index (Phi) is 3.65. The normalized spacial score (nSPS) is 20.9. The number of rotatable bonds is 5. The molecule has 0 saturated heterocycles. The Hall–Kier alpha value is -2.11. The van der Waals surface area contributed by atoms with Gasteiger partial charge in [-0.3, -0.25) is 9.59 Å². The van der Waals surface area contributed by atoms with Crippen LogP contribution in [0.2, 0.25) is 0 Å². The predicted molar refractivity (Wildman–Crippen MR) is 69.4 cm³/mol. The third kappa shape index (κ3) is 2.57. The van der Waals surface area contributed by atoms with Crippen molar-refractivity contribution in [1.82, 2.24) is 0 Å². The molecule has 0 fully saturated rings. The predicted octanol–water partition coefficient (Wildman–Crippen LogP) is 3.54. The Bertz CT molecular complexity index is 614. The highest BCUT2D eigenvalue weighted by Crippen LogP contribution is 2.52. The quantitative estimate of drug-likeness (QED) is 0.846. The number of ketones is 1. The van der Waals surface area contributed by atoms with Crippen LogP contribution >= 0.6 is 0 Å². The van der Waals surface area contributed by atoms with Crippen LogP contribution in [-0.2, 0) is 15.8 Å². The average molecular weight is 298 g/mol. The Labute approximate surface area is 119 Å². The average Bonchev–Trinajstić information content (AvgIpc) is 3.15. The third-order valence-electron chi connectivity index (χ3n) is 3.48. The second kappa shape index (κ2) is 5.02. The van der Waals surface area contributed by atoms with Crippen LogP contribution in [0.5, 0.6) is 0 Å². The zero-order valence-corrected chi connectivity index (χ0v) is 11.2. The van der Waals surface area contributed by atoms with E-state index in [1.165, 1.54) is 18.2 Å². The molecule has 0 aliphatic heterocycles. The van der Waals surface area contributed by atoms with Crippen LogP contribution in [0, 0.1) is 5.41 Å². The molecule has 0 radical (unpaired) electrons. The molecular weight excluding hydrogens is 285 g/mol. The number of carbonyl (C=O) groups is 2. The first-order valence-electron chi connectivity index (χ1n) is 6.41. The number of carbonyl (C=O) groups excluding carboxylic acids is 1. The topological polar surface area (TPSA) is 54.4 Å². The Morgan fingerprint density at radius 1 is 1.19 bits per heavy atom. The largest absolute Gasteiger partial charge is 0.480 e. The molecule has 1 unspecified atom stereocenters. The van der Waals surface area contributed by atoms with Gasteiger partial charge in [0.15, 0.2) is 11.2 Å². The second-order valence-electron chi connectivity index (χ2n) is 4.92. The molecule has 21 heavy (non-hydrogen) atoms. The molecule has 1 aliphatic carbocycles. The zero-order valence-electron chi connectivity index (χ0n) is 11.2. The highest BCUT2D eigenvalue weighted by atomic mass is 19.4. The van der Waals surface area contributed by atoms with Gasteiger partial charge in [0.1, 0.15) is 0 Å². The summed E-state index contributed by atoms with van der Waals surface area (Å²) in [6, 6.07) is 4.15. The summed E-state index contributed by atoms with van der Waals surface area (Å²) >= 11 is 0. The van der Waals surface area contributed by atoms with Crippen LogP contribution in [0.25, 0.3) is 5.57 Å². The molecule has 0 amide bonds. The lowest BCUT2D eigenvalue weighted by Gasteiger charge is -2.13. The van der Waals surface area contributed by atoms with E-state index in [0.717, 1.165) is 12.1 Å². The fraction of sp³-hybridized carbons (Fsp3) is 0.333. The smallest absolute Gasteiger partial charge is 0.416 e. The van der Waals surface area contributed by atoms with Crippen molar-refractivity contribution in [3.05, 3.63) is 41.5 Å². The van der Waals surface area contributed by atoms with E-state index in [1.807, 2.05) is 0 Å². The van der Waals surface area contributed by atoms with E-state index in [1.54, 1.807) is 6.92 Å². The fourth-order valence-corrected chi connectivity index (χ4v) is 2.28. The van der Waals surface area contributed by atoms with Crippen molar-refractivity contribution in [2.45, 2.75) is 25.9 Å². The summed E-state index contributed by atoms with van der Waals surface area (Å²) in [4.78, 5) is 23.3. The summed E-state index contributed by atoms with van der Waals surface area (Å²) in [5.41, 5.74) is -1.87. The summed E-state index contributed by atoms with van der Waals surface area (Å²) < 4.78 is 37.4. The lowest BCUT2D eigenvalue weighted by Crippen LogP contribution is -2.28. The first kappa shape index (κ1) is 15.3. The molecule has 1 aromatic carbocycles. The zero-order chi connectivity index (χ0) is 15.8. The number of alkyl halides is 3. The highest BCUT2D eigenvalue weighted by molar-refractivity contribution is 6.24. The van der Waals surface area contributed by atoms with Crippen LogP contribution in [0.4, 0.5) is 13.2 Å². The van der Waals surface area contributed by atoms with E-state index in [9.17, 15) is 27.9 Å². The van der Waals surface area contributed by atoms with Gasteiger partial charge in [0, 0.05) is 6.42 Å². The number of aliphatic carboxylic acids is 1. The molecule has 0 bridgehead atoms. The fourth-order valence-electron chi connectivity index (χ4n) is 2.28. The monoisotopic (exact) mass is 298 g/mol. The molecular formula is C15H13F3O3. The summed E-state index contributed by atoms with van der Waals surface area (Å²) in [5, 5.41) is 9.26. The number of hydrogen-bond donors (Lipinski definition) is 1. The molecule has 3 nitrogen and oxygen atoms in total. The number of benzene rings is 1. The number of halogens is 3. The van der Waals surface area contributed by atoms with E-state index >= 15 is 0 Å². The third-order valence-corrected chi connectivity index (χ3v) is 3.48. The van der Waals surface area contributed by atoms with Crippen molar-refractivity contribution in [3.63, 3.8) is 0 Å². The molecule has 1 N–H and O–H groups in total. The molecule has 0 saturated carbocycles. The van der Waals surface area contributed by atoms with Gasteiger partial charge in [-0.2, -0.15) is 13.2 Å². The summed E-state index contributed by atoms with van der Waals surface area (Å²) in [5.74, 6) is -1.72. The van der Waals surface area contributed by atoms with E-state index in [2.05, 4.69) is 0 Å². The maximum absolute atomic E-state index is 12.5. The molecule has 112 valence electrons. The van der Waals surface area contributed by atoms with Gasteiger partial charge < -0.3 is 5.11 Å². The van der Waals surface area contributed by atoms with Gasteiger partial charge in [0.05, 0.1) is 5.56 Å². The van der Waals surface area contributed by atoms with Crippen molar-refractivity contribution >= 4 is 17.3 Å². The van der Waals surface area contributed by atoms with E-state index in [4.69, 9.17) is 0 Å². The van der Waals surface area contributed by atoms with Gasteiger partial charge in [-0.1, -0.05) is 19.1 Å². The highest BCUT2D eigenvalue weighted by Gasteiger charge is 2.57. The number of hydrogen-bond acceptors (Lipinski definition) is 2. The van der Waals surface area contributed by atoms with Crippen molar-refractivity contribution in [1.29, 1.82) is 0 Å². The maximum Gasteiger partial charge on any atom is 0.416 e. The lowest BCUT2D eigenvalue weighted by molar-refractivity contribution is -0.146. The van der Waals surface area contributed by atoms with E-state index < -0.39 is 28.9 Å². The van der Waals surface area contributed by atoms with Crippen LogP contribution < -0.4 is 0 Å². The van der Waals surface area contributed by atoms with Crippen LogP contribution in [0.15, 0.2) is 30.3 Å². The Balaban J connectivity index is 2.26. The SMILES string of the molecule is CCCC(=O)C1(C(=O)O)C=C1c1ccc(C(F)(F)F)cc1. The number of carboxylic acid groups (broad SMARTS) is 1. The molecule has 0 spiro atoms. The van der Waals surface area contributed by atoms with Crippen molar-refractivity contribution in [2.24, 2.45) is 5.41 Å². The molecule has 6 heteroatoms. The standard InChI is InChI=1S/C15H13F3O3/c1-2-3-12(19)14(13(20)21)8-11(14)9-4-6-10(7-5-9)15(16,17)18/h4-8H,2-3H2,1H3,(H,20,21). The van der Waals surface area contributed by atoms with E-state index in [-0.39, 0.29) is 12.0 Å². The summed E-state index contributed by atoms with van der Waals surface area (Å²) in [6.45, 7) is 1.76. The molecule has 1 aliphatic rings. The Morgan fingerprint density at radius 2 is 1.76 bits per heavy atom. The maximum atomic E-state index is 12.5. The first-order chi connectivity index (χ1) is 9.73. The lowest BCUT2D eigenvalue weighted by atomic mass is 9.89. The van der Waals surface area contributed by atoms with Crippen molar-refractivity contribution in [3.8, 4) is 0 Å². The van der Waals surface area contributed by atoms with Gasteiger partial charge in [0.2, 0.25) is 0 Å². The minimum absolute atomic E-state index is 0.118. The second-order valence-corrected chi connectivity index (χ2v) is 4.92. The van der Waals surface area contributed by atoms with Gasteiger partial charge in [0.25, 0.3) is 0 Å². The van der Waals surface area contributed by atoms with Gasteiger partial charge >= 0.3 is 12.1 Å². The number of carboxylic acids is 1. The minimum atomic E-state index is -4.45. The minimum Gasteiger partial charge on any atom is -0.480 e.